The molecule has 1 aliphatic carbocycles. The number of aryl methyl sites for hydroxylation is 1. The fraction of sp³-hybridized carbons (Fsp3) is 0.562. The lowest BCUT2D eigenvalue weighted by Gasteiger charge is -2.28. The topological polar surface area (TPSA) is 49.3 Å². The van der Waals surface area contributed by atoms with Crippen LogP contribution in [0.4, 0.5) is 5.69 Å². The Hall–Kier alpha value is -1.51. The highest BCUT2D eigenvalue weighted by Crippen LogP contribution is 2.29. The minimum absolute atomic E-state index is 0.140. The zero-order valence-corrected chi connectivity index (χ0v) is 12.0. The van der Waals surface area contributed by atoms with Crippen LogP contribution in [-0.4, -0.2) is 17.1 Å². The first-order valence-corrected chi connectivity index (χ1v) is 7.05. The Kier molecular flexibility index (Phi) is 4.13. The van der Waals surface area contributed by atoms with Crippen molar-refractivity contribution in [1.29, 1.82) is 0 Å². The normalized spacial score (nSPS) is 23.1. The van der Waals surface area contributed by atoms with Gasteiger partial charge in [-0.25, -0.2) is 0 Å². The van der Waals surface area contributed by atoms with Crippen molar-refractivity contribution in [2.45, 2.75) is 52.5 Å². The van der Waals surface area contributed by atoms with Gasteiger partial charge in [-0.15, -0.1) is 0 Å². The van der Waals surface area contributed by atoms with Crippen LogP contribution in [0.25, 0.3) is 0 Å². The maximum absolute atomic E-state index is 10.9. The highest BCUT2D eigenvalue weighted by atomic mass is 16.4. The van der Waals surface area contributed by atoms with Crippen molar-refractivity contribution < 1.29 is 9.90 Å². The third-order valence-electron chi connectivity index (χ3n) is 4.49. The van der Waals surface area contributed by atoms with E-state index in [9.17, 15) is 4.79 Å². The van der Waals surface area contributed by atoms with E-state index in [0.29, 0.717) is 6.04 Å². The molecule has 3 nitrogen and oxygen atoms in total. The molecule has 0 heterocycles. The molecule has 1 aromatic carbocycles. The van der Waals surface area contributed by atoms with Crippen LogP contribution in [0.3, 0.4) is 0 Å². The van der Waals surface area contributed by atoms with Crippen molar-refractivity contribution in [2.24, 2.45) is 5.92 Å². The van der Waals surface area contributed by atoms with Gasteiger partial charge in [-0.2, -0.15) is 0 Å². The number of nitrogens with one attached hydrogen (secondary N) is 1. The lowest BCUT2D eigenvalue weighted by Crippen LogP contribution is -2.29. The maximum Gasteiger partial charge on any atom is 0.306 e. The highest BCUT2D eigenvalue weighted by molar-refractivity contribution is 5.70. The molecule has 1 aliphatic rings. The Morgan fingerprint density at radius 1 is 1.11 bits per heavy atom. The largest absolute Gasteiger partial charge is 0.481 e. The van der Waals surface area contributed by atoms with Crippen LogP contribution in [0.1, 0.15) is 42.4 Å². The first-order chi connectivity index (χ1) is 8.99. The second-order valence-electron chi connectivity index (χ2n) is 5.71. The average Bonchev–Trinajstić information content (AvgIpc) is 2.40. The number of carboxylic acid groups (broad SMARTS) is 1. The molecule has 0 aliphatic heterocycles. The second-order valence-corrected chi connectivity index (χ2v) is 5.71. The van der Waals surface area contributed by atoms with Crippen LogP contribution in [0.15, 0.2) is 12.1 Å². The Morgan fingerprint density at radius 2 is 1.74 bits per heavy atom. The number of anilines is 1. The summed E-state index contributed by atoms with van der Waals surface area (Å²) in [7, 11) is 0. The Labute approximate surface area is 115 Å². The van der Waals surface area contributed by atoms with Gasteiger partial charge < -0.3 is 10.4 Å². The van der Waals surface area contributed by atoms with Crippen molar-refractivity contribution >= 4 is 11.7 Å². The van der Waals surface area contributed by atoms with Gasteiger partial charge in [0.25, 0.3) is 0 Å². The van der Waals surface area contributed by atoms with Crippen molar-refractivity contribution in [1.82, 2.24) is 0 Å². The molecule has 19 heavy (non-hydrogen) atoms. The van der Waals surface area contributed by atoms with Crippen LogP contribution < -0.4 is 5.32 Å². The van der Waals surface area contributed by atoms with E-state index in [1.807, 2.05) is 0 Å². The Balaban J connectivity index is 2.00. The quantitative estimate of drug-likeness (QED) is 0.873. The monoisotopic (exact) mass is 261 g/mol. The lowest BCUT2D eigenvalue weighted by atomic mass is 9.86. The van der Waals surface area contributed by atoms with E-state index in [1.165, 1.54) is 22.4 Å². The van der Waals surface area contributed by atoms with Gasteiger partial charge in [0.2, 0.25) is 0 Å². The number of rotatable bonds is 3. The molecule has 0 bridgehead atoms. The van der Waals surface area contributed by atoms with Gasteiger partial charge in [-0.1, -0.05) is 6.07 Å². The van der Waals surface area contributed by atoms with Gasteiger partial charge in [0, 0.05) is 11.7 Å². The number of hydrogen-bond acceptors (Lipinski definition) is 2. The van der Waals surface area contributed by atoms with Crippen LogP contribution in [0.5, 0.6) is 0 Å². The summed E-state index contributed by atoms with van der Waals surface area (Å²) in [6.07, 6.45) is 3.47. The summed E-state index contributed by atoms with van der Waals surface area (Å²) in [6, 6.07) is 4.70. The third-order valence-corrected chi connectivity index (χ3v) is 4.49. The molecule has 0 amide bonds. The molecule has 2 N–H and O–H groups in total. The molecular weight excluding hydrogens is 238 g/mol. The minimum atomic E-state index is -0.638. The Bertz CT molecular complexity index is 474. The van der Waals surface area contributed by atoms with Gasteiger partial charge in [0.05, 0.1) is 5.92 Å². The zero-order chi connectivity index (χ0) is 14.0. The van der Waals surface area contributed by atoms with Gasteiger partial charge in [-0.05, 0) is 69.2 Å². The zero-order valence-electron chi connectivity index (χ0n) is 12.0. The van der Waals surface area contributed by atoms with E-state index in [2.05, 4.69) is 38.2 Å². The fourth-order valence-electron chi connectivity index (χ4n) is 2.82. The molecule has 1 saturated carbocycles. The van der Waals surface area contributed by atoms with E-state index >= 15 is 0 Å². The molecule has 1 fully saturated rings. The number of carbonyl (C=O) groups is 1. The molecule has 3 heteroatoms. The van der Waals surface area contributed by atoms with Gasteiger partial charge in [-0.3, -0.25) is 4.79 Å². The first-order valence-electron chi connectivity index (χ1n) is 7.05. The summed E-state index contributed by atoms with van der Waals surface area (Å²) in [6.45, 7) is 6.43. The smallest absolute Gasteiger partial charge is 0.306 e. The molecule has 0 spiro atoms. The van der Waals surface area contributed by atoms with Crippen molar-refractivity contribution in [3.63, 3.8) is 0 Å². The van der Waals surface area contributed by atoms with Crippen molar-refractivity contribution in [2.75, 3.05) is 5.32 Å². The summed E-state index contributed by atoms with van der Waals surface area (Å²) >= 11 is 0. The van der Waals surface area contributed by atoms with Crippen LogP contribution >= 0.6 is 0 Å². The van der Waals surface area contributed by atoms with Crippen molar-refractivity contribution in [3.05, 3.63) is 28.8 Å². The maximum atomic E-state index is 10.9. The molecule has 0 radical (unpaired) electrons. The first kappa shape index (κ1) is 13.9. The standard InChI is InChI=1S/C16H23NO2/c1-10-4-9-15(12(3)11(10)2)17-14-7-5-13(6-8-14)16(18)19/h4,9,13-14,17H,5-8H2,1-3H3,(H,18,19). The van der Waals surface area contributed by atoms with E-state index < -0.39 is 5.97 Å². The van der Waals surface area contributed by atoms with Crippen LogP contribution in [-0.2, 0) is 4.79 Å². The molecule has 0 unspecified atom stereocenters. The third kappa shape index (κ3) is 3.09. The summed E-state index contributed by atoms with van der Waals surface area (Å²) in [5.74, 6) is -0.778. The number of hydrogen-bond donors (Lipinski definition) is 2. The average molecular weight is 261 g/mol. The Morgan fingerprint density at radius 3 is 2.32 bits per heavy atom. The van der Waals surface area contributed by atoms with E-state index in [0.717, 1.165) is 25.7 Å². The van der Waals surface area contributed by atoms with E-state index in [4.69, 9.17) is 5.11 Å². The summed E-state index contributed by atoms with van der Waals surface area (Å²) in [5, 5.41) is 12.6. The van der Waals surface area contributed by atoms with Crippen LogP contribution in [0, 0.1) is 26.7 Å². The fourth-order valence-corrected chi connectivity index (χ4v) is 2.82. The second kappa shape index (κ2) is 5.64. The SMILES string of the molecule is Cc1ccc(NC2CCC(C(=O)O)CC2)c(C)c1C. The summed E-state index contributed by atoms with van der Waals surface area (Å²) in [4.78, 5) is 10.9. The predicted octanol–water partition coefficient (Wildman–Crippen LogP) is 3.67. The summed E-state index contributed by atoms with van der Waals surface area (Å²) < 4.78 is 0. The molecule has 104 valence electrons. The number of carboxylic acids is 1. The predicted molar refractivity (Wildman–Crippen MR) is 77.7 cm³/mol. The molecular formula is C16H23NO2. The highest BCUT2D eigenvalue weighted by Gasteiger charge is 2.25. The number of aliphatic carboxylic acids is 1. The molecule has 0 atom stereocenters. The van der Waals surface area contributed by atoms with Gasteiger partial charge in [0.15, 0.2) is 0 Å². The minimum Gasteiger partial charge on any atom is -0.481 e. The number of benzene rings is 1. The van der Waals surface area contributed by atoms with Crippen molar-refractivity contribution in [3.8, 4) is 0 Å². The molecule has 2 rings (SSSR count). The van der Waals surface area contributed by atoms with E-state index in [1.54, 1.807) is 0 Å². The summed E-state index contributed by atoms with van der Waals surface area (Å²) in [5.41, 5.74) is 5.16. The van der Waals surface area contributed by atoms with E-state index in [-0.39, 0.29) is 5.92 Å². The molecule has 1 aromatic rings. The molecule has 0 aromatic heterocycles. The molecule has 0 saturated heterocycles. The van der Waals surface area contributed by atoms with Gasteiger partial charge in [0.1, 0.15) is 0 Å². The lowest BCUT2D eigenvalue weighted by molar-refractivity contribution is -0.142. The van der Waals surface area contributed by atoms with Gasteiger partial charge >= 0.3 is 5.97 Å². The van der Waals surface area contributed by atoms with Crippen LogP contribution in [0.2, 0.25) is 0 Å².